The lowest BCUT2D eigenvalue weighted by molar-refractivity contribution is -0.138. The number of nitrogens with one attached hydrogen (secondary N) is 1. The van der Waals surface area contributed by atoms with Crippen LogP contribution in [0.3, 0.4) is 0 Å². The fourth-order valence-electron chi connectivity index (χ4n) is 1.75. The van der Waals surface area contributed by atoms with Gasteiger partial charge in [-0.25, -0.2) is 4.79 Å². The molecule has 6 heteroatoms. The van der Waals surface area contributed by atoms with Gasteiger partial charge in [0.2, 0.25) is 0 Å². The molecule has 2 aromatic rings. The van der Waals surface area contributed by atoms with Crippen LogP contribution in [0, 0.1) is 0 Å². The van der Waals surface area contributed by atoms with Crippen LogP contribution < -0.4 is 5.32 Å². The van der Waals surface area contributed by atoms with E-state index in [4.69, 9.17) is 23.2 Å². The lowest BCUT2D eigenvalue weighted by Gasteiger charge is -2.18. The quantitative estimate of drug-likeness (QED) is 0.792. The van der Waals surface area contributed by atoms with Crippen molar-refractivity contribution < 1.29 is 9.90 Å². The average Bonchev–Trinajstić information content (AvgIpc) is 2.39. The molecule has 0 amide bonds. The minimum Gasteiger partial charge on any atom is -0.479 e. The molecule has 0 aliphatic carbocycles. The standard InChI is InChI=1S/C14H10BrCl2NO2/c15-12-5-4-9(17)7-11(12)13(14(19)20)18-10-3-1-2-8(16)6-10/h1-7,13,18H,(H,19,20). The maximum atomic E-state index is 11.5. The Morgan fingerprint density at radius 1 is 1.15 bits per heavy atom. The van der Waals surface area contributed by atoms with Crippen molar-refractivity contribution in [3.05, 3.63) is 62.5 Å². The Labute approximate surface area is 134 Å². The van der Waals surface area contributed by atoms with Crippen molar-refractivity contribution in [2.45, 2.75) is 6.04 Å². The van der Waals surface area contributed by atoms with Gasteiger partial charge in [0.25, 0.3) is 0 Å². The van der Waals surface area contributed by atoms with Gasteiger partial charge in [0.15, 0.2) is 6.04 Å². The zero-order valence-electron chi connectivity index (χ0n) is 10.1. The third-order valence-corrected chi connectivity index (χ3v) is 3.84. The predicted molar refractivity (Wildman–Crippen MR) is 84.6 cm³/mol. The molecular weight excluding hydrogens is 365 g/mol. The van der Waals surface area contributed by atoms with E-state index in [0.29, 0.717) is 25.8 Å². The summed E-state index contributed by atoms with van der Waals surface area (Å²) in [4.78, 5) is 11.5. The number of hydrogen-bond acceptors (Lipinski definition) is 2. The predicted octanol–water partition coefficient (Wildman–Crippen LogP) is 4.99. The number of carbonyl (C=O) groups is 1. The Bertz CT molecular complexity index is 649. The van der Waals surface area contributed by atoms with Crippen LogP contribution in [0.25, 0.3) is 0 Å². The maximum Gasteiger partial charge on any atom is 0.330 e. The van der Waals surface area contributed by atoms with Crippen LogP contribution in [0.5, 0.6) is 0 Å². The highest BCUT2D eigenvalue weighted by atomic mass is 79.9. The highest BCUT2D eigenvalue weighted by molar-refractivity contribution is 9.10. The van der Waals surface area contributed by atoms with Crippen LogP contribution in [0.4, 0.5) is 5.69 Å². The van der Waals surface area contributed by atoms with E-state index in [-0.39, 0.29) is 0 Å². The minimum atomic E-state index is -1.01. The van der Waals surface area contributed by atoms with Gasteiger partial charge in [-0.15, -0.1) is 0 Å². The monoisotopic (exact) mass is 373 g/mol. The van der Waals surface area contributed by atoms with E-state index in [1.54, 1.807) is 42.5 Å². The van der Waals surface area contributed by atoms with Gasteiger partial charge in [0, 0.05) is 25.8 Å². The second kappa shape index (κ2) is 6.48. The summed E-state index contributed by atoms with van der Waals surface area (Å²) in [6.45, 7) is 0. The summed E-state index contributed by atoms with van der Waals surface area (Å²) in [5.41, 5.74) is 1.17. The van der Waals surface area contributed by atoms with Gasteiger partial charge in [0.1, 0.15) is 0 Å². The molecular formula is C14H10BrCl2NO2. The highest BCUT2D eigenvalue weighted by Gasteiger charge is 2.22. The first-order valence-corrected chi connectivity index (χ1v) is 7.22. The van der Waals surface area contributed by atoms with Crippen LogP contribution in [-0.4, -0.2) is 11.1 Å². The van der Waals surface area contributed by atoms with Gasteiger partial charge in [-0.05, 0) is 36.4 Å². The summed E-state index contributed by atoms with van der Waals surface area (Å²) in [5, 5.41) is 13.4. The molecule has 0 aliphatic rings. The maximum absolute atomic E-state index is 11.5. The second-order valence-corrected chi connectivity index (χ2v) is 5.82. The molecule has 0 aliphatic heterocycles. The Kier molecular flexibility index (Phi) is 4.91. The van der Waals surface area contributed by atoms with Crippen LogP contribution in [0.15, 0.2) is 46.9 Å². The van der Waals surface area contributed by atoms with Gasteiger partial charge in [-0.3, -0.25) is 0 Å². The van der Waals surface area contributed by atoms with Gasteiger partial charge in [0.05, 0.1) is 0 Å². The molecule has 3 nitrogen and oxygen atoms in total. The SMILES string of the molecule is O=C(O)C(Nc1cccc(Cl)c1)c1cc(Cl)ccc1Br. The zero-order chi connectivity index (χ0) is 14.7. The van der Waals surface area contributed by atoms with E-state index >= 15 is 0 Å². The smallest absolute Gasteiger partial charge is 0.330 e. The molecule has 2 aromatic carbocycles. The fourth-order valence-corrected chi connectivity index (χ4v) is 2.60. The van der Waals surface area contributed by atoms with Crippen LogP contribution in [0.1, 0.15) is 11.6 Å². The number of aliphatic carboxylic acids is 1. The molecule has 0 spiro atoms. The van der Waals surface area contributed by atoms with Crippen molar-refractivity contribution in [2.75, 3.05) is 5.32 Å². The van der Waals surface area contributed by atoms with Crippen molar-refractivity contribution in [2.24, 2.45) is 0 Å². The Hall–Kier alpha value is -1.23. The first kappa shape index (κ1) is 15.2. The first-order chi connectivity index (χ1) is 9.47. The van der Waals surface area contributed by atoms with Crippen molar-refractivity contribution in [1.82, 2.24) is 0 Å². The number of benzene rings is 2. The first-order valence-electron chi connectivity index (χ1n) is 5.67. The van der Waals surface area contributed by atoms with E-state index in [0.717, 1.165) is 0 Å². The van der Waals surface area contributed by atoms with Crippen LogP contribution in [0.2, 0.25) is 10.0 Å². The number of halogens is 3. The molecule has 104 valence electrons. The summed E-state index contributed by atoms with van der Waals surface area (Å²) in [6.07, 6.45) is 0. The van der Waals surface area contributed by atoms with Gasteiger partial charge in [-0.1, -0.05) is 45.2 Å². The molecule has 2 N–H and O–H groups in total. The summed E-state index contributed by atoms with van der Waals surface area (Å²) in [7, 11) is 0. The molecule has 0 saturated carbocycles. The molecule has 0 bridgehead atoms. The van der Waals surface area contributed by atoms with Crippen molar-refractivity contribution in [3.63, 3.8) is 0 Å². The molecule has 0 aromatic heterocycles. The molecule has 1 atom stereocenters. The molecule has 0 saturated heterocycles. The average molecular weight is 375 g/mol. The van der Waals surface area contributed by atoms with Crippen molar-refractivity contribution >= 4 is 50.8 Å². The topological polar surface area (TPSA) is 49.3 Å². The third kappa shape index (κ3) is 3.66. The largest absolute Gasteiger partial charge is 0.479 e. The fraction of sp³-hybridized carbons (Fsp3) is 0.0714. The van der Waals surface area contributed by atoms with Crippen molar-refractivity contribution in [3.8, 4) is 0 Å². The van der Waals surface area contributed by atoms with Crippen LogP contribution >= 0.6 is 39.1 Å². The summed E-state index contributed by atoms with van der Waals surface area (Å²) >= 11 is 15.2. The molecule has 0 radical (unpaired) electrons. The number of hydrogen-bond donors (Lipinski definition) is 2. The molecule has 0 heterocycles. The lowest BCUT2D eigenvalue weighted by Crippen LogP contribution is -2.21. The number of carboxylic acids is 1. The van der Waals surface area contributed by atoms with Crippen LogP contribution in [-0.2, 0) is 4.79 Å². The van der Waals surface area contributed by atoms with E-state index in [1.165, 1.54) is 0 Å². The van der Waals surface area contributed by atoms with Gasteiger partial charge >= 0.3 is 5.97 Å². The Balaban J connectivity index is 2.37. The van der Waals surface area contributed by atoms with Gasteiger partial charge < -0.3 is 10.4 Å². The normalized spacial score (nSPS) is 11.9. The summed E-state index contributed by atoms with van der Waals surface area (Å²) in [5.74, 6) is -1.01. The third-order valence-electron chi connectivity index (χ3n) is 2.65. The van der Waals surface area contributed by atoms with E-state index in [1.807, 2.05) is 0 Å². The molecule has 0 fully saturated rings. The number of anilines is 1. The summed E-state index contributed by atoms with van der Waals surface area (Å²) in [6, 6.07) is 11.0. The van der Waals surface area contributed by atoms with E-state index < -0.39 is 12.0 Å². The second-order valence-electron chi connectivity index (χ2n) is 4.09. The zero-order valence-corrected chi connectivity index (χ0v) is 13.2. The van der Waals surface area contributed by atoms with Gasteiger partial charge in [-0.2, -0.15) is 0 Å². The number of carboxylic acid groups (broad SMARTS) is 1. The molecule has 2 rings (SSSR count). The molecule has 20 heavy (non-hydrogen) atoms. The highest BCUT2D eigenvalue weighted by Crippen LogP contribution is 2.30. The lowest BCUT2D eigenvalue weighted by atomic mass is 10.1. The molecule has 1 unspecified atom stereocenters. The number of rotatable bonds is 4. The minimum absolute atomic E-state index is 0.474. The Morgan fingerprint density at radius 3 is 2.50 bits per heavy atom. The van der Waals surface area contributed by atoms with E-state index in [2.05, 4.69) is 21.2 Å². The van der Waals surface area contributed by atoms with Crippen molar-refractivity contribution in [1.29, 1.82) is 0 Å². The van der Waals surface area contributed by atoms with E-state index in [9.17, 15) is 9.90 Å². The summed E-state index contributed by atoms with van der Waals surface area (Å²) < 4.78 is 0.670. The Morgan fingerprint density at radius 2 is 1.85 bits per heavy atom.